The molecule has 0 radical (unpaired) electrons. The predicted octanol–water partition coefficient (Wildman–Crippen LogP) is 6.37. The van der Waals surface area contributed by atoms with Gasteiger partial charge in [0.1, 0.15) is 0 Å². The van der Waals surface area contributed by atoms with E-state index in [1.165, 1.54) is 70.6 Å². The highest BCUT2D eigenvalue weighted by Gasteiger charge is 2.06. The average Bonchev–Trinajstić information content (AvgIpc) is 2.66. The zero-order chi connectivity index (χ0) is 21.6. The van der Waals surface area contributed by atoms with Crippen LogP contribution in [0.25, 0.3) is 0 Å². The lowest BCUT2D eigenvalue weighted by atomic mass is 10.0. The summed E-state index contributed by atoms with van der Waals surface area (Å²) in [5, 5.41) is 2.98. The minimum Gasteiger partial charge on any atom is -0.356 e. The van der Waals surface area contributed by atoms with Crippen LogP contribution in [0.1, 0.15) is 122 Å². The second kappa shape index (κ2) is 21.2. The van der Waals surface area contributed by atoms with E-state index in [9.17, 15) is 4.79 Å². The minimum absolute atomic E-state index is 0.164. The fourth-order valence-corrected chi connectivity index (χ4v) is 3.97. The lowest BCUT2D eigenvalue weighted by Gasteiger charge is -2.08. The second-order valence-corrected chi connectivity index (χ2v) is 10.7. The minimum atomic E-state index is -3.49. The van der Waals surface area contributed by atoms with Gasteiger partial charge in [0, 0.05) is 13.0 Å². The van der Waals surface area contributed by atoms with Crippen LogP contribution in [0, 0.1) is 0 Å². The molecule has 0 aromatic carbocycles. The van der Waals surface area contributed by atoms with Crippen LogP contribution < -0.4 is 5.32 Å². The van der Waals surface area contributed by atoms with E-state index in [0.717, 1.165) is 45.1 Å². The summed E-state index contributed by atoms with van der Waals surface area (Å²) < 4.78 is 4.75. The maximum atomic E-state index is 11.8. The van der Waals surface area contributed by atoms with Crippen LogP contribution in [0.3, 0.4) is 0 Å². The van der Waals surface area contributed by atoms with Gasteiger partial charge in [0.15, 0.2) is 0 Å². The quantitative estimate of drug-likeness (QED) is 0.132. The Morgan fingerprint density at radius 2 is 1.21 bits per heavy atom. The van der Waals surface area contributed by atoms with Gasteiger partial charge in [0.2, 0.25) is 5.91 Å². The number of carbonyl (C=O) groups is 1. The third-order valence-electron chi connectivity index (χ3n) is 5.16. The van der Waals surface area contributed by atoms with Crippen molar-refractivity contribution in [2.45, 2.75) is 122 Å². The standard InChI is InChI=1S/C22H46NO4PS/c1-2-3-4-5-6-7-8-9-10-11-12-13-16-19-22(24)23-20-17-14-15-18-21-27-28(25,26)29/h2-21H2,1H3,(H,23,24)(H2,25,26,29). The highest BCUT2D eigenvalue weighted by molar-refractivity contribution is 8.06. The number of hydrogen-bond donors (Lipinski definition) is 3. The molecular weight excluding hydrogens is 405 g/mol. The van der Waals surface area contributed by atoms with Crippen molar-refractivity contribution < 1.29 is 19.1 Å². The lowest BCUT2D eigenvalue weighted by Crippen LogP contribution is -2.23. The second-order valence-electron chi connectivity index (χ2n) is 8.08. The van der Waals surface area contributed by atoms with Gasteiger partial charge in [0.25, 0.3) is 0 Å². The monoisotopic (exact) mass is 451 g/mol. The summed E-state index contributed by atoms with van der Waals surface area (Å²) in [5.41, 5.74) is 0. The molecule has 0 atom stereocenters. The van der Waals surface area contributed by atoms with Crippen molar-refractivity contribution in [2.75, 3.05) is 13.2 Å². The first-order valence-electron chi connectivity index (χ1n) is 11.9. The Hall–Kier alpha value is -0.0000000000000000833. The largest absolute Gasteiger partial charge is 0.356 e. The van der Waals surface area contributed by atoms with Crippen LogP contribution in [0.5, 0.6) is 0 Å². The molecule has 0 aromatic heterocycles. The fraction of sp³-hybridized carbons (Fsp3) is 0.955. The van der Waals surface area contributed by atoms with E-state index in [1.54, 1.807) is 0 Å². The molecule has 0 aliphatic carbocycles. The van der Waals surface area contributed by atoms with E-state index >= 15 is 0 Å². The van der Waals surface area contributed by atoms with E-state index in [4.69, 9.17) is 14.3 Å². The molecule has 3 N–H and O–H groups in total. The molecule has 0 aliphatic heterocycles. The van der Waals surface area contributed by atoms with Gasteiger partial charge >= 0.3 is 6.72 Å². The van der Waals surface area contributed by atoms with Crippen LogP contribution >= 0.6 is 6.72 Å². The third kappa shape index (κ3) is 26.0. The average molecular weight is 452 g/mol. The SMILES string of the molecule is CCCCCCCCCCCCCCCC(=O)NCCCCCCOP(O)(O)=S. The van der Waals surface area contributed by atoms with Crippen molar-refractivity contribution in [2.24, 2.45) is 0 Å². The fourth-order valence-electron chi connectivity index (χ4n) is 3.38. The molecule has 5 nitrogen and oxygen atoms in total. The highest BCUT2D eigenvalue weighted by atomic mass is 32.5. The number of rotatable bonds is 22. The molecule has 0 spiro atoms. The zero-order valence-electron chi connectivity index (χ0n) is 18.7. The molecule has 1 amide bonds. The summed E-state index contributed by atoms with van der Waals surface area (Å²) in [6.45, 7) is -0.223. The van der Waals surface area contributed by atoms with Crippen LogP contribution in [-0.4, -0.2) is 28.8 Å². The van der Waals surface area contributed by atoms with E-state index in [0.29, 0.717) is 6.42 Å². The number of unbranched alkanes of at least 4 members (excludes halogenated alkanes) is 15. The number of hydrogen-bond acceptors (Lipinski definition) is 3. The molecule has 29 heavy (non-hydrogen) atoms. The van der Waals surface area contributed by atoms with Gasteiger partial charge in [-0.3, -0.25) is 4.79 Å². The van der Waals surface area contributed by atoms with Crippen molar-refractivity contribution in [1.29, 1.82) is 0 Å². The summed E-state index contributed by atoms with van der Waals surface area (Å²) in [7, 11) is 0. The summed E-state index contributed by atoms with van der Waals surface area (Å²) in [5.74, 6) is 0.164. The van der Waals surface area contributed by atoms with E-state index in [-0.39, 0.29) is 12.5 Å². The maximum Gasteiger partial charge on any atom is 0.321 e. The molecule has 0 heterocycles. The molecule has 0 aliphatic rings. The number of carbonyl (C=O) groups excluding carboxylic acids is 1. The molecular formula is C22H46NO4PS. The number of amides is 1. The van der Waals surface area contributed by atoms with Gasteiger partial charge in [-0.05, 0) is 31.1 Å². The first-order chi connectivity index (χ1) is 14.0. The van der Waals surface area contributed by atoms with Crippen molar-refractivity contribution in [1.82, 2.24) is 5.32 Å². The molecule has 7 heteroatoms. The van der Waals surface area contributed by atoms with E-state index < -0.39 is 6.72 Å². The molecule has 0 aromatic rings. The van der Waals surface area contributed by atoms with Crippen molar-refractivity contribution in [3.8, 4) is 0 Å². The van der Waals surface area contributed by atoms with Gasteiger partial charge < -0.3 is 19.6 Å². The third-order valence-corrected chi connectivity index (χ3v) is 6.00. The predicted molar refractivity (Wildman–Crippen MR) is 126 cm³/mol. The van der Waals surface area contributed by atoms with E-state index in [1.807, 2.05) is 0 Å². The van der Waals surface area contributed by atoms with Crippen LogP contribution in [-0.2, 0) is 21.1 Å². The Kier molecular flexibility index (Phi) is 21.2. The topological polar surface area (TPSA) is 78.8 Å². The molecule has 0 unspecified atom stereocenters. The molecule has 174 valence electrons. The zero-order valence-corrected chi connectivity index (χ0v) is 20.4. The Morgan fingerprint density at radius 1 is 0.759 bits per heavy atom. The van der Waals surface area contributed by atoms with Gasteiger partial charge in [-0.25, -0.2) is 0 Å². The summed E-state index contributed by atoms with van der Waals surface area (Å²) in [4.78, 5) is 29.6. The summed E-state index contributed by atoms with van der Waals surface area (Å²) in [6.07, 6.45) is 21.4. The highest BCUT2D eigenvalue weighted by Crippen LogP contribution is 2.36. The molecule has 0 rings (SSSR count). The van der Waals surface area contributed by atoms with Crippen molar-refractivity contribution in [3.63, 3.8) is 0 Å². The maximum absolute atomic E-state index is 11.8. The van der Waals surface area contributed by atoms with Gasteiger partial charge in [-0.1, -0.05) is 96.8 Å². The Balaban J connectivity index is 3.20. The van der Waals surface area contributed by atoms with Gasteiger partial charge in [0.05, 0.1) is 6.61 Å². The normalized spacial score (nSPS) is 11.7. The van der Waals surface area contributed by atoms with Crippen molar-refractivity contribution >= 4 is 24.4 Å². The first kappa shape index (κ1) is 29.0. The molecule has 0 saturated carbocycles. The van der Waals surface area contributed by atoms with Crippen LogP contribution in [0.2, 0.25) is 0 Å². The summed E-state index contributed by atoms with van der Waals surface area (Å²) >= 11 is 4.38. The lowest BCUT2D eigenvalue weighted by molar-refractivity contribution is -0.121. The molecule has 0 saturated heterocycles. The van der Waals surface area contributed by atoms with Crippen molar-refractivity contribution in [3.05, 3.63) is 0 Å². The first-order valence-corrected chi connectivity index (χ1v) is 14.5. The smallest absolute Gasteiger partial charge is 0.321 e. The van der Waals surface area contributed by atoms with E-state index in [2.05, 4.69) is 24.0 Å². The summed E-state index contributed by atoms with van der Waals surface area (Å²) in [6, 6.07) is 0. The van der Waals surface area contributed by atoms with Crippen LogP contribution in [0.15, 0.2) is 0 Å². The van der Waals surface area contributed by atoms with Gasteiger partial charge in [-0.2, -0.15) is 0 Å². The molecule has 0 fully saturated rings. The Bertz CT molecular complexity index is 418. The Labute approximate surface area is 184 Å². The number of nitrogens with one attached hydrogen (secondary N) is 1. The van der Waals surface area contributed by atoms with Crippen LogP contribution in [0.4, 0.5) is 0 Å². The van der Waals surface area contributed by atoms with Gasteiger partial charge in [-0.15, -0.1) is 0 Å². The Morgan fingerprint density at radius 3 is 1.72 bits per heavy atom. The molecule has 0 bridgehead atoms.